The van der Waals surface area contributed by atoms with Crippen LogP contribution in [0.4, 0.5) is 23.2 Å². The van der Waals surface area contributed by atoms with Crippen LogP contribution in [0.1, 0.15) is 32.6 Å². The highest BCUT2D eigenvalue weighted by Crippen LogP contribution is 2.35. The van der Waals surface area contributed by atoms with Crippen molar-refractivity contribution in [2.24, 2.45) is 0 Å². The van der Waals surface area contributed by atoms with Crippen molar-refractivity contribution in [2.45, 2.75) is 30.5 Å². The van der Waals surface area contributed by atoms with Gasteiger partial charge < -0.3 is 10.4 Å². The van der Waals surface area contributed by atoms with E-state index in [1.54, 1.807) is 6.07 Å². The standard InChI is InChI=1S/C25H19ClF4N2O5S/c26-20-8-4-16-13-32(38(36,37)17-5-2-15(3-6-17)24(34)35)10-9-18(16)23(20)31-22(33)12-14-1-7-19(21(27)11-14)25(28,29)30/h1-8,11H,9-10,12-13H2,(H,31,33)(H,34,35). The molecule has 38 heavy (non-hydrogen) atoms. The third kappa shape index (κ3) is 5.66. The molecular weight excluding hydrogens is 552 g/mol. The van der Waals surface area contributed by atoms with Crippen molar-refractivity contribution in [1.82, 2.24) is 4.31 Å². The van der Waals surface area contributed by atoms with E-state index in [0.717, 1.165) is 6.07 Å². The first-order chi connectivity index (χ1) is 17.8. The second-order valence-electron chi connectivity index (χ2n) is 8.52. The van der Waals surface area contributed by atoms with Gasteiger partial charge in [0.1, 0.15) is 5.82 Å². The van der Waals surface area contributed by atoms with Crippen molar-refractivity contribution in [3.8, 4) is 0 Å². The Balaban J connectivity index is 1.52. The zero-order valence-electron chi connectivity index (χ0n) is 19.4. The molecule has 1 aliphatic heterocycles. The number of hydrogen-bond donors (Lipinski definition) is 2. The van der Waals surface area contributed by atoms with Gasteiger partial charge in [-0.05, 0) is 65.6 Å². The third-order valence-corrected chi connectivity index (χ3v) is 8.20. The topological polar surface area (TPSA) is 104 Å². The Morgan fingerprint density at radius 2 is 1.74 bits per heavy atom. The van der Waals surface area contributed by atoms with E-state index >= 15 is 0 Å². The molecule has 1 amide bonds. The Kier molecular flexibility index (Phi) is 7.51. The molecule has 7 nitrogen and oxygen atoms in total. The molecule has 0 fully saturated rings. The average Bonchev–Trinajstić information content (AvgIpc) is 2.84. The molecule has 0 radical (unpaired) electrons. The maximum Gasteiger partial charge on any atom is 0.419 e. The quantitative estimate of drug-likeness (QED) is 0.400. The Hall–Kier alpha value is -3.48. The first-order valence-electron chi connectivity index (χ1n) is 11.1. The molecule has 4 rings (SSSR count). The van der Waals surface area contributed by atoms with E-state index in [0.29, 0.717) is 23.3 Å². The lowest BCUT2D eigenvalue weighted by atomic mass is 9.98. The fourth-order valence-corrected chi connectivity index (χ4v) is 5.77. The van der Waals surface area contributed by atoms with Crippen LogP contribution in [0.2, 0.25) is 5.02 Å². The van der Waals surface area contributed by atoms with Gasteiger partial charge in [-0.2, -0.15) is 17.5 Å². The maximum absolute atomic E-state index is 13.9. The Bertz CT molecular complexity index is 1530. The first kappa shape index (κ1) is 27.6. The predicted molar refractivity (Wildman–Crippen MR) is 130 cm³/mol. The summed E-state index contributed by atoms with van der Waals surface area (Å²) in [6, 6.07) is 10.2. The molecule has 0 saturated heterocycles. The summed E-state index contributed by atoms with van der Waals surface area (Å²) in [5.74, 6) is -3.32. The fraction of sp³-hybridized carbons (Fsp3) is 0.200. The largest absolute Gasteiger partial charge is 0.478 e. The van der Waals surface area contributed by atoms with Crippen molar-refractivity contribution in [2.75, 3.05) is 11.9 Å². The monoisotopic (exact) mass is 570 g/mol. The highest BCUT2D eigenvalue weighted by molar-refractivity contribution is 7.89. The number of carboxylic acids is 1. The lowest BCUT2D eigenvalue weighted by Crippen LogP contribution is -2.36. The lowest BCUT2D eigenvalue weighted by molar-refractivity contribution is -0.140. The van der Waals surface area contributed by atoms with E-state index in [2.05, 4.69) is 5.32 Å². The summed E-state index contributed by atoms with van der Waals surface area (Å²) >= 11 is 6.29. The highest BCUT2D eigenvalue weighted by Gasteiger charge is 2.34. The van der Waals surface area contributed by atoms with Crippen molar-refractivity contribution >= 4 is 39.2 Å². The Morgan fingerprint density at radius 1 is 1.05 bits per heavy atom. The molecule has 0 saturated carbocycles. The van der Waals surface area contributed by atoms with Gasteiger partial charge in [0.05, 0.1) is 33.2 Å². The van der Waals surface area contributed by atoms with E-state index < -0.39 is 45.9 Å². The molecule has 0 aromatic heterocycles. The van der Waals surface area contributed by atoms with Gasteiger partial charge in [0, 0.05) is 13.1 Å². The zero-order chi connectivity index (χ0) is 27.8. The molecule has 0 aliphatic carbocycles. The van der Waals surface area contributed by atoms with E-state index in [-0.39, 0.29) is 46.2 Å². The number of carbonyl (C=O) groups excluding carboxylic acids is 1. The number of fused-ring (bicyclic) bond motifs is 1. The van der Waals surface area contributed by atoms with Crippen molar-refractivity contribution in [3.05, 3.63) is 93.3 Å². The van der Waals surface area contributed by atoms with Gasteiger partial charge in [0.25, 0.3) is 0 Å². The Morgan fingerprint density at radius 3 is 2.34 bits per heavy atom. The number of anilines is 1. The van der Waals surface area contributed by atoms with Gasteiger partial charge in [0.15, 0.2) is 0 Å². The van der Waals surface area contributed by atoms with Crippen LogP contribution < -0.4 is 5.32 Å². The molecule has 3 aromatic carbocycles. The van der Waals surface area contributed by atoms with Crippen molar-refractivity contribution < 1.29 is 40.7 Å². The van der Waals surface area contributed by atoms with Crippen LogP contribution in [0.15, 0.2) is 59.5 Å². The van der Waals surface area contributed by atoms with E-state index in [4.69, 9.17) is 16.7 Å². The molecule has 13 heteroatoms. The summed E-state index contributed by atoms with van der Waals surface area (Å²) in [5.41, 5.74) is -0.0509. The number of amides is 1. The zero-order valence-corrected chi connectivity index (χ0v) is 20.9. The van der Waals surface area contributed by atoms with E-state index in [1.165, 1.54) is 34.6 Å². The van der Waals surface area contributed by atoms with Crippen LogP contribution in [0.5, 0.6) is 0 Å². The van der Waals surface area contributed by atoms with Crippen LogP contribution in [-0.4, -0.2) is 36.3 Å². The van der Waals surface area contributed by atoms with Gasteiger partial charge in [-0.25, -0.2) is 17.6 Å². The lowest BCUT2D eigenvalue weighted by Gasteiger charge is -2.30. The van der Waals surface area contributed by atoms with Crippen molar-refractivity contribution in [3.63, 3.8) is 0 Å². The molecule has 0 unspecified atom stereocenters. The summed E-state index contributed by atoms with van der Waals surface area (Å²) in [5, 5.41) is 11.8. The smallest absolute Gasteiger partial charge is 0.419 e. The molecule has 0 bridgehead atoms. The summed E-state index contributed by atoms with van der Waals surface area (Å²) in [4.78, 5) is 23.6. The second kappa shape index (κ2) is 10.4. The minimum Gasteiger partial charge on any atom is -0.478 e. The van der Waals surface area contributed by atoms with Crippen LogP contribution in [0.3, 0.4) is 0 Å². The predicted octanol–water partition coefficient (Wildman–Crippen LogP) is 5.12. The van der Waals surface area contributed by atoms with E-state index in [9.17, 15) is 35.6 Å². The van der Waals surface area contributed by atoms with Gasteiger partial charge in [-0.1, -0.05) is 23.7 Å². The van der Waals surface area contributed by atoms with Gasteiger partial charge in [0.2, 0.25) is 15.9 Å². The van der Waals surface area contributed by atoms with Gasteiger partial charge in [-0.15, -0.1) is 0 Å². The molecule has 2 N–H and O–H groups in total. The van der Waals surface area contributed by atoms with Crippen LogP contribution in [-0.2, 0) is 40.4 Å². The van der Waals surface area contributed by atoms with Crippen LogP contribution >= 0.6 is 11.6 Å². The fourth-order valence-electron chi connectivity index (χ4n) is 4.13. The molecular formula is C25H19ClF4N2O5S. The number of nitrogens with zero attached hydrogens (tertiary/aromatic N) is 1. The third-order valence-electron chi connectivity index (χ3n) is 6.02. The number of carboxylic acid groups (broad SMARTS) is 1. The van der Waals surface area contributed by atoms with Crippen LogP contribution in [0, 0.1) is 5.82 Å². The van der Waals surface area contributed by atoms with Crippen LogP contribution in [0.25, 0.3) is 0 Å². The maximum atomic E-state index is 13.9. The summed E-state index contributed by atoms with van der Waals surface area (Å²) in [7, 11) is -3.95. The van der Waals surface area contributed by atoms with Crippen molar-refractivity contribution in [1.29, 1.82) is 0 Å². The van der Waals surface area contributed by atoms with Gasteiger partial charge in [-0.3, -0.25) is 4.79 Å². The minimum atomic E-state index is -4.86. The molecule has 0 atom stereocenters. The molecule has 1 aliphatic rings. The number of nitrogens with one attached hydrogen (secondary N) is 1. The number of rotatable bonds is 6. The second-order valence-corrected chi connectivity index (χ2v) is 10.9. The molecule has 0 spiro atoms. The summed E-state index contributed by atoms with van der Waals surface area (Å²) in [6.07, 6.45) is -5.08. The number of sulfonamides is 1. The number of benzene rings is 3. The number of halogens is 5. The molecule has 1 heterocycles. The molecule has 200 valence electrons. The first-order valence-corrected chi connectivity index (χ1v) is 12.9. The van der Waals surface area contributed by atoms with Gasteiger partial charge >= 0.3 is 12.1 Å². The Labute approximate surface area is 219 Å². The SMILES string of the molecule is O=C(Cc1ccc(C(F)(F)F)c(F)c1)Nc1c(Cl)ccc2c1CCN(S(=O)(=O)c1ccc(C(=O)O)cc1)C2. The summed E-state index contributed by atoms with van der Waals surface area (Å²) < 4.78 is 79.6. The average molecular weight is 571 g/mol. The highest BCUT2D eigenvalue weighted by atomic mass is 35.5. The number of hydrogen-bond acceptors (Lipinski definition) is 4. The molecule has 3 aromatic rings. The summed E-state index contributed by atoms with van der Waals surface area (Å²) in [6.45, 7) is 0.00580. The van der Waals surface area contributed by atoms with E-state index in [1.807, 2.05) is 0 Å². The number of carbonyl (C=O) groups is 2. The minimum absolute atomic E-state index is 0.0279. The normalized spacial score (nSPS) is 14.1. The number of alkyl halides is 3. The number of aromatic carboxylic acids is 1.